The Labute approximate surface area is 151 Å². The second-order valence-corrected chi connectivity index (χ2v) is 8.03. The van der Waals surface area contributed by atoms with Crippen molar-refractivity contribution in [1.29, 1.82) is 0 Å². The van der Waals surface area contributed by atoms with Crippen LogP contribution in [-0.2, 0) is 19.1 Å². The Morgan fingerprint density at radius 3 is 2.40 bits per heavy atom. The third-order valence-corrected chi connectivity index (χ3v) is 4.87. The lowest BCUT2D eigenvalue weighted by atomic mass is 9.95. The number of hydrogen-bond acceptors (Lipinski definition) is 5. The van der Waals surface area contributed by atoms with E-state index in [0.29, 0.717) is 19.6 Å². The van der Waals surface area contributed by atoms with Crippen molar-refractivity contribution in [3.05, 3.63) is 0 Å². The highest BCUT2D eigenvalue weighted by Crippen LogP contribution is 2.65. The summed E-state index contributed by atoms with van der Waals surface area (Å²) in [6, 6.07) is 0. The minimum absolute atomic E-state index is 0.393. The molecule has 0 heterocycles. The van der Waals surface area contributed by atoms with E-state index in [2.05, 4.69) is 5.32 Å². The van der Waals surface area contributed by atoms with Gasteiger partial charge in [0.2, 0.25) is 0 Å². The van der Waals surface area contributed by atoms with Crippen LogP contribution in [-0.4, -0.2) is 43.0 Å². The molecule has 6 nitrogen and oxygen atoms in total. The standard InChI is InChI=1S/C19H33NO5/c1-6-7-12-24-16(23)20-11-9-8-10-18(5)15(13-21)19(18,14-22)25-17(2,3)4/h13-15H,6-12H2,1-5H3,(H,20,23). The molecule has 0 bridgehead atoms. The summed E-state index contributed by atoms with van der Waals surface area (Å²) < 4.78 is 11.0. The highest BCUT2D eigenvalue weighted by molar-refractivity contribution is 5.83. The molecule has 25 heavy (non-hydrogen) atoms. The fourth-order valence-corrected chi connectivity index (χ4v) is 3.40. The van der Waals surface area contributed by atoms with Gasteiger partial charge in [-0.3, -0.25) is 0 Å². The molecule has 1 saturated carbocycles. The first-order chi connectivity index (χ1) is 11.7. The predicted molar refractivity (Wildman–Crippen MR) is 95.4 cm³/mol. The number of nitrogens with one attached hydrogen (secondary N) is 1. The van der Waals surface area contributed by atoms with Crippen molar-refractivity contribution in [3.8, 4) is 0 Å². The summed E-state index contributed by atoms with van der Waals surface area (Å²) in [7, 11) is 0. The molecule has 1 aliphatic rings. The van der Waals surface area contributed by atoms with E-state index in [9.17, 15) is 14.4 Å². The van der Waals surface area contributed by atoms with Crippen LogP contribution in [0.4, 0.5) is 4.79 Å². The SMILES string of the molecule is CCCCOC(=O)NCCCCC1(C)C(C=O)C1(C=O)OC(C)(C)C. The first-order valence-corrected chi connectivity index (χ1v) is 9.19. The molecule has 0 aromatic carbocycles. The predicted octanol–water partition coefficient (Wildman–Crippen LogP) is 3.27. The third-order valence-electron chi connectivity index (χ3n) is 4.87. The molecular formula is C19H33NO5. The molecule has 0 aromatic rings. The molecule has 1 fully saturated rings. The van der Waals surface area contributed by atoms with Crippen LogP contribution in [0.5, 0.6) is 0 Å². The van der Waals surface area contributed by atoms with E-state index >= 15 is 0 Å². The lowest BCUT2D eigenvalue weighted by Crippen LogP contribution is -2.35. The second kappa shape index (κ2) is 8.79. The maximum absolute atomic E-state index is 11.7. The molecule has 6 heteroatoms. The Morgan fingerprint density at radius 1 is 1.20 bits per heavy atom. The fraction of sp³-hybridized carbons (Fsp3) is 0.842. The fourth-order valence-electron chi connectivity index (χ4n) is 3.40. The minimum Gasteiger partial charge on any atom is -0.450 e. The molecule has 1 N–H and O–H groups in total. The maximum Gasteiger partial charge on any atom is 0.407 e. The Balaban J connectivity index is 2.41. The second-order valence-electron chi connectivity index (χ2n) is 8.03. The number of alkyl carbamates (subject to hydrolysis) is 1. The van der Waals surface area contributed by atoms with Gasteiger partial charge in [0, 0.05) is 12.0 Å². The van der Waals surface area contributed by atoms with Gasteiger partial charge in [-0.25, -0.2) is 4.79 Å². The zero-order chi connectivity index (χ0) is 19.1. The maximum atomic E-state index is 11.7. The summed E-state index contributed by atoms with van der Waals surface area (Å²) in [6.07, 6.45) is 5.32. The summed E-state index contributed by atoms with van der Waals surface area (Å²) in [5.41, 5.74) is -2.01. The van der Waals surface area contributed by atoms with Crippen LogP contribution in [0.3, 0.4) is 0 Å². The van der Waals surface area contributed by atoms with Crippen molar-refractivity contribution in [2.24, 2.45) is 11.3 Å². The van der Waals surface area contributed by atoms with Crippen LogP contribution in [0, 0.1) is 11.3 Å². The molecule has 0 aliphatic heterocycles. The summed E-state index contributed by atoms with van der Waals surface area (Å²) in [4.78, 5) is 34.6. The van der Waals surface area contributed by atoms with Crippen LogP contribution in [0.2, 0.25) is 0 Å². The van der Waals surface area contributed by atoms with Gasteiger partial charge in [0.05, 0.1) is 18.1 Å². The van der Waals surface area contributed by atoms with Crippen LogP contribution < -0.4 is 5.32 Å². The first kappa shape index (κ1) is 21.6. The van der Waals surface area contributed by atoms with Crippen LogP contribution in [0.1, 0.15) is 66.7 Å². The Morgan fingerprint density at radius 2 is 1.88 bits per heavy atom. The molecule has 3 unspecified atom stereocenters. The molecule has 3 atom stereocenters. The molecule has 0 saturated heterocycles. The topological polar surface area (TPSA) is 81.7 Å². The van der Waals surface area contributed by atoms with Gasteiger partial charge in [-0.15, -0.1) is 0 Å². The summed E-state index contributed by atoms with van der Waals surface area (Å²) in [5, 5.41) is 2.71. The largest absolute Gasteiger partial charge is 0.450 e. The number of hydrogen-bond donors (Lipinski definition) is 1. The monoisotopic (exact) mass is 355 g/mol. The lowest BCUT2D eigenvalue weighted by molar-refractivity contribution is -0.141. The van der Waals surface area contributed by atoms with Gasteiger partial charge in [-0.1, -0.05) is 26.7 Å². The molecule has 1 aliphatic carbocycles. The lowest BCUT2D eigenvalue weighted by Gasteiger charge is -2.27. The van der Waals surface area contributed by atoms with Gasteiger partial charge >= 0.3 is 6.09 Å². The number of carbonyl (C=O) groups is 3. The smallest absolute Gasteiger partial charge is 0.407 e. The van der Waals surface area contributed by atoms with Crippen molar-refractivity contribution in [2.45, 2.75) is 77.9 Å². The van der Waals surface area contributed by atoms with Gasteiger partial charge in [0.1, 0.15) is 11.9 Å². The average Bonchev–Trinajstić information content (AvgIpc) is 3.02. The number of rotatable bonds is 11. The summed E-state index contributed by atoms with van der Waals surface area (Å²) >= 11 is 0. The van der Waals surface area contributed by atoms with Gasteiger partial charge in [-0.2, -0.15) is 0 Å². The average molecular weight is 355 g/mol. The van der Waals surface area contributed by atoms with E-state index in [1.54, 1.807) is 0 Å². The molecular weight excluding hydrogens is 322 g/mol. The van der Waals surface area contributed by atoms with Crippen molar-refractivity contribution in [2.75, 3.05) is 13.2 Å². The number of amides is 1. The van der Waals surface area contributed by atoms with Gasteiger partial charge in [-0.05, 0) is 40.0 Å². The molecule has 0 radical (unpaired) electrons. The van der Waals surface area contributed by atoms with E-state index in [-0.39, 0.29) is 0 Å². The van der Waals surface area contributed by atoms with Gasteiger partial charge in [0.15, 0.2) is 6.29 Å². The van der Waals surface area contributed by atoms with Gasteiger partial charge < -0.3 is 24.4 Å². The van der Waals surface area contributed by atoms with E-state index in [0.717, 1.165) is 38.3 Å². The quantitative estimate of drug-likeness (QED) is 0.454. The highest BCUT2D eigenvalue weighted by atomic mass is 16.5. The number of aldehydes is 2. The minimum atomic E-state index is -1.03. The summed E-state index contributed by atoms with van der Waals surface area (Å²) in [6.45, 7) is 10.6. The van der Waals surface area contributed by atoms with Crippen LogP contribution in [0.25, 0.3) is 0 Å². The normalized spacial score (nSPS) is 28.3. The zero-order valence-corrected chi connectivity index (χ0v) is 16.2. The summed E-state index contributed by atoms with van der Waals surface area (Å²) in [5.74, 6) is -0.413. The van der Waals surface area contributed by atoms with Crippen LogP contribution in [0.15, 0.2) is 0 Å². The van der Waals surface area contributed by atoms with E-state index in [1.165, 1.54) is 0 Å². The van der Waals surface area contributed by atoms with Crippen molar-refractivity contribution in [3.63, 3.8) is 0 Å². The molecule has 0 spiro atoms. The van der Waals surface area contributed by atoms with Crippen molar-refractivity contribution < 1.29 is 23.9 Å². The Hall–Kier alpha value is -1.43. The molecule has 1 rings (SSSR count). The van der Waals surface area contributed by atoms with E-state index < -0.39 is 28.6 Å². The van der Waals surface area contributed by atoms with E-state index in [4.69, 9.17) is 9.47 Å². The van der Waals surface area contributed by atoms with Crippen LogP contribution >= 0.6 is 0 Å². The third kappa shape index (κ3) is 5.27. The highest BCUT2D eigenvalue weighted by Gasteiger charge is 2.76. The van der Waals surface area contributed by atoms with Crippen molar-refractivity contribution >= 4 is 18.7 Å². The van der Waals surface area contributed by atoms with E-state index in [1.807, 2.05) is 34.6 Å². The number of ether oxygens (including phenoxy) is 2. The number of unbranched alkanes of at least 4 members (excludes halogenated alkanes) is 2. The molecule has 144 valence electrons. The molecule has 0 aromatic heterocycles. The zero-order valence-electron chi connectivity index (χ0n) is 16.2. The Bertz CT molecular complexity index is 473. The Kier molecular flexibility index (Phi) is 7.60. The van der Waals surface area contributed by atoms with Gasteiger partial charge in [0.25, 0.3) is 0 Å². The van der Waals surface area contributed by atoms with Crippen molar-refractivity contribution in [1.82, 2.24) is 5.32 Å². The molecule has 1 amide bonds. The first-order valence-electron chi connectivity index (χ1n) is 9.19. The number of carbonyl (C=O) groups excluding carboxylic acids is 3.